The predicted molar refractivity (Wildman–Crippen MR) is 59.2 cm³/mol. The number of halogens is 1. The fourth-order valence-electron chi connectivity index (χ4n) is 1.54. The standard InChI is InChI=1S/C11H12FNS/c1-13(2)6-8-7-14-11-9(8)4-3-5-10(11)12/h3-5,7H,6H2,1-2H3. The van der Waals surface area contributed by atoms with Gasteiger partial charge >= 0.3 is 0 Å². The van der Waals surface area contributed by atoms with Crippen LogP contribution in [-0.2, 0) is 6.54 Å². The lowest BCUT2D eigenvalue weighted by molar-refractivity contribution is 0.404. The average molecular weight is 209 g/mol. The SMILES string of the molecule is CN(C)Cc1csc2c(F)cccc12. The van der Waals surface area contributed by atoms with Gasteiger partial charge in [0.25, 0.3) is 0 Å². The zero-order valence-corrected chi connectivity index (χ0v) is 9.07. The van der Waals surface area contributed by atoms with Crippen LogP contribution in [0.1, 0.15) is 5.56 Å². The van der Waals surface area contributed by atoms with Gasteiger partial charge in [0.15, 0.2) is 0 Å². The molecule has 0 radical (unpaired) electrons. The van der Waals surface area contributed by atoms with Crippen LogP contribution in [0.5, 0.6) is 0 Å². The normalized spacial score (nSPS) is 11.4. The Morgan fingerprint density at radius 1 is 1.36 bits per heavy atom. The molecule has 1 aromatic heterocycles. The van der Waals surface area contributed by atoms with Gasteiger partial charge in [-0.1, -0.05) is 12.1 Å². The van der Waals surface area contributed by atoms with Crippen molar-refractivity contribution >= 4 is 21.4 Å². The number of benzene rings is 1. The summed E-state index contributed by atoms with van der Waals surface area (Å²) in [5.41, 5.74) is 1.20. The van der Waals surface area contributed by atoms with Crippen LogP contribution in [0.15, 0.2) is 23.6 Å². The molecule has 0 fully saturated rings. The Morgan fingerprint density at radius 2 is 2.14 bits per heavy atom. The number of nitrogens with zero attached hydrogens (tertiary/aromatic N) is 1. The van der Waals surface area contributed by atoms with Crippen molar-refractivity contribution in [3.63, 3.8) is 0 Å². The zero-order valence-electron chi connectivity index (χ0n) is 8.25. The zero-order chi connectivity index (χ0) is 10.1. The maximum atomic E-state index is 13.3. The summed E-state index contributed by atoms with van der Waals surface area (Å²) >= 11 is 1.48. The van der Waals surface area contributed by atoms with Crippen LogP contribution in [0.3, 0.4) is 0 Å². The second kappa shape index (κ2) is 3.67. The molecule has 2 aromatic rings. The van der Waals surface area contributed by atoms with Gasteiger partial charge in [0.05, 0.1) is 4.70 Å². The van der Waals surface area contributed by atoms with Crippen LogP contribution in [-0.4, -0.2) is 19.0 Å². The summed E-state index contributed by atoms with van der Waals surface area (Å²) in [7, 11) is 4.03. The van der Waals surface area contributed by atoms with E-state index in [-0.39, 0.29) is 5.82 Å². The number of rotatable bonds is 2. The smallest absolute Gasteiger partial charge is 0.140 e. The third kappa shape index (κ3) is 1.65. The van der Waals surface area contributed by atoms with Gasteiger partial charge in [-0.15, -0.1) is 11.3 Å². The molecule has 0 spiro atoms. The first-order valence-corrected chi connectivity index (χ1v) is 5.36. The van der Waals surface area contributed by atoms with Crippen LogP contribution in [0, 0.1) is 5.82 Å². The minimum atomic E-state index is -0.113. The number of fused-ring (bicyclic) bond motifs is 1. The van der Waals surface area contributed by atoms with Crippen molar-refractivity contribution in [1.82, 2.24) is 4.90 Å². The van der Waals surface area contributed by atoms with Crippen molar-refractivity contribution in [3.05, 3.63) is 35.0 Å². The van der Waals surface area contributed by atoms with Gasteiger partial charge in [0.1, 0.15) is 5.82 Å². The molecular formula is C11H12FNS. The lowest BCUT2D eigenvalue weighted by atomic mass is 10.1. The summed E-state index contributed by atoms with van der Waals surface area (Å²) in [6.45, 7) is 0.865. The van der Waals surface area contributed by atoms with E-state index in [1.54, 1.807) is 6.07 Å². The quantitative estimate of drug-likeness (QED) is 0.734. The fraction of sp³-hybridized carbons (Fsp3) is 0.273. The molecule has 0 amide bonds. The molecule has 0 N–H and O–H groups in total. The molecule has 1 nitrogen and oxygen atoms in total. The van der Waals surface area contributed by atoms with E-state index in [0.29, 0.717) is 0 Å². The van der Waals surface area contributed by atoms with Crippen molar-refractivity contribution in [2.75, 3.05) is 14.1 Å². The molecule has 0 bridgehead atoms. The molecule has 0 aliphatic heterocycles. The van der Waals surface area contributed by atoms with E-state index in [4.69, 9.17) is 0 Å². The third-order valence-corrected chi connectivity index (χ3v) is 3.17. The predicted octanol–water partition coefficient (Wildman–Crippen LogP) is 3.10. The molecule has 0 atom stereocenters. The molecule has 74 valence electrons. The van der Waals surface area contributed by atoms with Crippen molar-refractivity contribution < 1.29 is 4.39 Å². The Labute approximate surface area is 86.8 Å². The summed E-state index contributed by atoms with van der Waals surface area (Å²) in [5.74, 6) is -0.113. The van der Waals surface area contributed by atoms with Gasteiger partial charge in [-0.05, 0) is 36.5 Å². The topological polar surface area (TPSA) is 3.24 Å². The summed E-state index contributed by atoms with van der Waals surface area (Å²) in [4.78, 5) is 2.09. The molecule has 14 heavy (non-hydrogen) atoms. The number of thiophene rings is 1. The van der Waals surface area contributed by atoms with Gasteiger partial charge in [-0.3, -0.25) is 0 Å². The van der Waals surface area contributed by atoms with Gasteiger partial charge in [-0.2, -0.15) is 0 Å². The van der Waals surface area contributed by atoms with Crippen LogP contribution >= 0.6 is 11.3 Å². The minimum absolute atomic E-state index is 0.113. The van der Waals surface area contributed by atoms with Crippen molar-refractivity contribution in [2.45, 2.75) is 6.54 Å². The van der Waals surface area contributed by atoms with Crippen LogP contribution in [0.4, 0.5) is 4.39 Å². The molecule has 0 saturated heterocycles. The van der Waals surface area contributed by atoms with E-state index in [1.165, 1.54) is 23.0 Å². The third-order valence-electron chi connectivity index (χ3n) is 2.12. The van der Waals surface area contributed by atoms with Crippen molar-refractivity contribution in [2.24, 2.45) is 0 Å². The fourth-order valence-corrected chi connectivity index (χ4v) is 2.51. The van der Waals surface area contributed by atoms with Gasteiger partial charge in [-0.25, -0.2) is 4.39 Å². The lowest BCUT2D eigenvalue weighted by Gasteiger charge is -2.07. The second-order valence-electron chi connectivity index (χ2n) is 3.62. The maximum Gasteiger partial charge on any atom is 0.140 e. The highest BCUT2D eigenvalue weighted by Gasteiger charge is 2.07. The van der Waals surface area contributed by atoms with Crippen molar-refractivity contribution in [1.29, 1.82) is 0 Å². The highest BCUT2D eigenvalue weighted by Crippen LogP contribution is 2.28. The maximum absolute atomic E-state index is 13.3. The van der Waals surface area contributed by atoms with Crippen LogP contribution < -0.4 is 0 Å². The Kier molecular flexibility index (Phi) is 2.52. The van der Waals surface area contributed by atoms with Crippen LogP contribution in [0.2, 0.25) is 0 Å². The summed E-state index contributed by atoms with van der Waals surface area (Å²) in [6.07, 6.45) is 0. The van der Waals surface area contributed by atoms with Gasteiger partial charge in [0, 0.05) is 6.54 Å². The first-order chi connectivity index (χ1) is 6.68. The molecule has 0 saturated carbocycles. The molecule has 0 unspecified atom stereocenters. The highest BCUT2D eigenvalue weighted by atomic mass is 32.1. The van der Waals surface area contributed by atoms with Gasteiger partial charge in [0.2, 0.25) is 0 Å². The van der Waals surface area contributed by atoms with Gasteiger partial charge < -0.3 is 4.90 Å². The van der Waals surface area contributed by atoms with E-state index in [0.717, 1.165) is 16.6 Å². The van der Waals surface area contributed by atoms with E-state index < -0.39 is 0 Å². The Bertz CT molecular complexity index is 447. The number of hydrogen-bond donors (Lipinski definition) is 0. The monoisotopic (exact) mass is 209 g/mol. The summed E-state index contributed by atoms with van der Waals surface area (Å²) in [6, 6.07) is 5.26. The minimum Gasteiger partial charge on any atom is -0.305 e. The summed E-state index contributed by atoms with van der Waals surface area (Å²) < 4.78 is 14.1. The lowest BCUT2D eigenvalue weighted by Crippen LogP contribution is -2.09. The van der Waals surface area contributed by atoms with E-state index in [2.05, 4.69) is 4.90 Å². The van der Waals surface area contributed by atoms with Crippen LogP contribution in [0.25, 0.3) is 10.1 Å². The Balaban J connectivity index is 2.52. The first-order valence-electron chi connectivity index (χ1n) is 4.48. The molecular weight excluding hydrogens is 197 g/mol. The van der Waals surface area contributed by atoms with E-state index >= 15 is 0 Å². The highest BCUT2D eigenvalue weighted by molar-refractivity contribution is 7.17. The average Bonchev–Trinajstić information content (AvgIpc) is 2.49. The van der Waals surface area contributed by atoms with Crippen molar-refractivity contribution in [3.8, 4) is 0 Å². The molecule has 2 rings (SSSR count). The summed E-state index contributed by atoms with van der Waals surface area (Å²) in [5, 5.41) is 3.08. The Morgan fingerprint density at radius 3 is 2.86 bits per heavy atom. The first kappa shape index (κ1) is 9.62. The second-order valence-corrected chi connectivity index (χ2v) is 4.49. The molecule has 3 heteroatoms. The number of hydrogen-bond acceptors (Lipinski definition) is 2. The molecule has 1 heterocycles. The Hall–Kier alpha value is -0.930. The van der Waals surface area contributed by atoms with E-state index in [9.17, 15) is 4.39 Å². The molecule has 1 aromatic carbocycles. The molecule has 0 aliphatic rings. The van der Waals surface area contributed by atoms with E-state index in [1.807, 2.05) is 25.5 Å². The largest absolute Gasteiger partial charge is 0.305 e. The molecule has 0 aliphatic carbocycles.